The van der Waals surface area contributed by atoms with Crippen molar-refractivity contribution in [1.29, 1.82) is 0 Å². The summed E-state index contributed by atoms with van der Waals surface area (Å²) in [4.78, 5) is 24.6. The molecule has 1 unspecified atom stereocenters. The first-order valence-corrected chi connectivity index (χ1v) is 16.3. The van der Waals surface area contributed by atoms with Gasteiger partial charge in [-0.05, 0) is 68.0 Å². The van der Waals surface area contributed by atoms with E-state index in [0.717, 1.165) is 5.41 Å². The summed E-state index contributed by atoms with van der Waals surface area (Å²) in [5.41, 5.74) is 7.01. The molecule has 3 aromatic rings. The Kier molecular flexibility index (Phi) is 10.0. The van der Waals surface area contributed by atoms with Gasteiger partial charge in [0.25, 0.3) is 10.1 Å². The number of hydrogen-bond donors (Lipinski definition) is 4. The largest absolute Gasteiger partial charge is 0.351 e. The number of nitrogens with one attached hydrogen (secondary N) is 2. The molecule has 0 spiro atoms. The first-order chi connectivity index (χ1) is 21.7. The normalized spacial score (nSPS) is 15.1. The van der Waals surface area contributed by atoms with E-state index in [9.17, 15) is 30.6 Å². The fraction of sp³-hybridized carbons (Fsp3) is 0.143. The SMILES string of the molecule is C=CS(=O)(=O)c1ccc(/N=N/C2C=CC=C(Nc3nc(F)nc(N(CC)c4cccc(S(=O)(=O)O)c4)n3)C=C2NC(N)=O)c(C)c1. The van der Waals surface area contributed by atoms with Crippen LogP contribution in [-0.2, 0) is 20.0 Å². The number of amides is 2. The maximum atomic E-state index is 14.6. The standard InChI is InChI=1S/C28H28FN9O6S2/c1-4-38(19-9-7-10-21(16-19)46(42,43)44)28-34-25(29)33-27(35-28)31-18-8-6-11-23(24(15-18)32-26(30)39)37-36-22-13-12-20(14-17(22)3)45(40,41)5-2/h5-16,23H,2,4H2,1,3H3,(H3,30,32,39)(H,42,43,44)(H,31,33,34,35)/b37-36+. The number of hydrogen-bond acceptors (Lipinski definition) is 12. The Morgan fingerprint density at radius 1 is 1.15 bits per heavy atom. The number of sulfone groups is 1. The highest BCUT2D eigenvalue weighted by Crippen LogP contribution is 2.27. The molecule has 1 aliphatic rings. The van der Waals surface area contributed by atoms with E-state index in [4.69, 9.17) is 5.73 Å². The molecule has 4 rings (SSSR count). The van der Waals surface area contributed by atoms with Crippen molar-refractivity contribution < 1.29 is 30.6 Å². The zero-order valence-electron chi connectivity index (χ0n) is 24.4. The summed E-state index contributed by atoms with van der Waals surface area (Å²) in [6.07, 6.45) is 5.05. The van der Waals surface area contributed by atoms with E-state index in [2.05, 4.69) is 42.4 Å². The predicted molar refractivity (Wildman–Crippen MR) is 167 cm³/mol. The lowest BCUT2D eigenvalue weighted by molar-refractivity contribution is 0.251. The zero-order chi connectivity index (χ0) is 33.6. The molecule has 5 N–H and O–H groups in total. The Balaban J connectivity index is 1.62. The third-order valence-corrected chi connectivity index (χ3v) is 8.51. The number of primary amides is 1. The van der Waals surface area contributed by atoms with E-state index in [1.807, 2.05) is 0 Å². The molecule has 2 amide bonds. The topological polar surface area (TPSA) is 222 Å². The summed E-state index contributed by atoms with van der Waals surface area (Å²) in [5, 5.41) is 14.7. The van der Waals surface area contributed by atoms with Gasteiger partial charge in [-0.1, -0.05) is 24.8 Å². The van der Waals surface area contributed by atoms with Crippen LogP contribution in [0.4, 0.5) is 32.5 Å². The van der Waals surface area contributed by atoms with E-state index in [1.54, 1.807) is 32.1 Å². The molecule has 0 bridgehead atoms. The highest BCUT2D eigenvalue weighted by Gasteiger charge is 2.20. The molecule has 0 saturated carbocycles. The molecule has 0 saturated heterocycles. The fourth-order valence-electron chi connectivity index (χ4n) is 4.13. The average Bonchev–Trinajstić information content (AvgIpc) is 3.17. The van der Waals surface area contributed by atoms with Gasteiger partial charge in [0.2, 0.25) is 11.9 Å². The summed E-state index contributed by atoms with van der Waals surface area (Å²) in [7, 11) is -8.14. The number of allylic oxidation sites excluding steroid dienone is 3. The van der Waals surface area contributed by atoms with Gasteiger partial charge >= 0.3 is 12.1 Å². The van der Waals surface area contributed by atoms with Gasteiger partial charge in [-0.3, -0.25) is 4.55 Å². The lowest BCUT2D eigenvalue weighted by Crippen LogP contribution is -2.32. The van der Waals surface area contributed by atoms with E-state index < -0.39 is 38.1 Å². The Bertz CT molecular complexity index is 2030. The molecule has 2 aromatic carbocycles. The third kappa shape index (κ3) is 8.23. The van der Waals surface area contributed by atoms with E-state index >= 15 is 0 Å². The van der Waals surface area contributed by atoms with Crippen molar-refractivity contribution in [2.75, 3.05) is 16.8 Å². The first kappa shape index (κ1) is 33.6. The molecule has 15 nitrogen and oxygen atoms in total. The number of benzene rings is 2. The van der Waals surface area contributed by atoms with Crippen LogP contribution in [0.5, 0.6) is 0 Å². The summed E-state index contributed by atoms with van der Waals surface area (Å²) in [6.45, 7) is 6.87. The first-order valence-electron chi connectivity index (χ1n) is 13.3. The number of rotatable bonds is 11. The number of carbonyl (C=O) groups is 1. The number of nitrogens with zero attached hydrogens (tertiary/aromatic N) is 6. The Morgan fingerprint density at radius 2 is 1.91 bits per heavy atom. The quantitative estimate of drug-likeness (QED) is 0.167. The summed E-state index contributed by atoms with van der Waals surface area (Å²) in [5.74, 6) is -0.394. The Labute approximate surface area is 263 Å². The lowest BCUT2D eigenvalue weighted by Gasteiger charge is -2.21. The van der Waals surface area contributed by atoms with Crippen LogP contribution < -0.4 is 21.3 Å². The molecular formula is C28H28FN9O6S2. The maximum Gasteiger partial charge on any atom is 0.316 e. The molecular weight excluding hydrogens is 641 g/mol. The maximum absolute atomic E-state index is 14.6. The molecule has 1 aliphatic carbocycles. The second-order valence-electron chi connectivity index (χ2n) is 9.49. The Hall–Kier alpha value is -5.33. The molecule has 46 heavy (non-hydrogen) atoms. The van der Waals surface area contributed by atoms with Gasteiger partial charge in [-0.2, -0.15) is 38.0 Å². The van der Waals surface area contributed by atoms with Crippen molar-refractivity contribution in [3.8, 4) is 0 Å². The molecule has 18 heteroatoms. The minimum absolute atomic E-state index is 0.0517. The van der Waals surface area contributed by atoms with Crippen LogP contribution in [0, 0.1) is 13.0 Å². The minimum Gasteiger partial charge on any atom is -0.351 e. The average molecular weight is 670 g/mol. The van der Waals surface area contributed by atoms with Crippen LogP contribution in [0.2, 0.25) is 0 Å². The fourth-order valence-corrected chi connectivity index (χ4v) is 5.45. The van der Waals surface area contributed by atoms with Gasteiger partial charge in [0, 0.05) is 23.3 Å². The lowest BCUT2D eigenvalue weighted by atomic mass is 10.2. The van der Waals surface area contributed by atoms with Gasteiger partial charge in [0.1, 0.15) is 6.04 Å². The summed E-state index contributed by atoms with van der Waals surface area (Å²) >= 11 is 0. The number of aryl methyl sites for hydroxylation is 1. The highest BCUT2D eigenvalue weighted by molar-refractivity contribution is 7.94. The number of halogens is 1. The van der Waals surface area contributed by atoms with Crippen LogP contribution in [0.15, 0.2) is 110 Å². The van der Waals surface area contributed by atoms with Gasteiger partial charge in [-0.25, -0.2) is 13.2 Å². The van der Waals surface area contributed by atoms with E-state index in [-0.39, 0.29) is 45.3 Å². The van der Waals surface area contributed by atoms with Gasteiger partial charge in [0.15, 0.2) is 9.84 Å². The van der Waals surface area contributed by atoms with E-state index in [0.29, 0.717) is 11.3 Å². The molecule has 240 valence electrons. The van der Waals surface area contributed by atoms with Gasteiger partial charge in [-0.15, -0.1) is 0 Å². The number of nitrogens with two attached hydrogens (primary N) is 1. The van der Waals surface area contributed by atoms with Crippen LogP contribution in [0.3, 0.4) is 0 Å². The van der Waals surface area contributed by atoms with Crippen molar-refractivity contribution >= 4 is 49.3 Å². The minimum atomic E-state index is -4.50. The number of aromatic nitrogens is 3. The van der Waals surface area contributed by atoms with Crippen molar-refractivity contribution in [2.45, 2.75) is 29.7 Å². The molecule has 1 aromatic heterocycles. The second-order valence-corrected chi connectivity index (χ2v) is 12.8. The van der Waals surface area contributed by atoms with Crippen molar-refractivity contribution in [3.05, 3.63) is 102 Å². The number of anilines is 3. The number of azo groups is 1. The molecule has 1 atom stereocenters. The van der Waals surface area contributed by atoms with Crippen LogP contribution in [-0.4, -0.2) is 55.0 Å². The van der Waals surface area contributed by atoms with Crippen LogP contribution >= 0.6 is 0 Å². The predicted octanol–water partition coefficient (Wildman–Crippen LogP) is 4.21. The van der Waals surface area contributed by atoms with Gasteiger partial charge < -0.3 is 21.3 Å². The summed E-state index contributed by atoms with van der Waals surface area (Å²) < 4.78 is 71.5. The molecule has 0 radical (unpaired) electrons. The van der Waals surface area contributed by atoms with Crippen LogP contribution in [0.25, 0.3) is 0 Å². The molecule has 0 fully saturated rings. The van der Waals surface area contributed by atoms with Gasteiger partial charge in [0.05, 0.1) is 21.2 Å². The third-order valence-electron chi connectivity index (χ3n) is 6.31. The van der Waals surface area contributed by atoms with Crippen LogP contribution in [0.1, 0.15) is 12.5 Å². The smallest absolute Gasteiger partial charge is 0.316 e. The van der Waals surface area contributed by atoms with Crippen molar-refractivity contribution in [2.24, 2.45) is 16.0 Å². The zero-order valence-corrected chi connectivity index (χ0v) is 26.0. The molecule has 1 heterocycles. The van der Waals surface area contributed by atoms with Crippen molar-refractivity contribution in [1.82, 2.24) is 20.3 Å². The van der Waals surface area contributed by atoms with E-state index in [1.165, 1.54) is 53.4 Å². The highest BCUT2D eigenvalue weighted by atomic mass is 32.2. The van der Waals surface area contributed by atoms with Crippen molar-refractivity contribution in [3.63, 3.8) is 0 Å². The number of urea groups is 1. The Morgan fingerprint density at radius 3 is 2.57 bits per heavy atom. The monoisotopic (exact) mass is 669 g/mol. The summed E-state index contributed by atoms with van der Waals surface area (Å²) in [6, 6.07) is 7.86. The molecule has 0 aliphatic heterocycles. The number of carbonyl (C=O) groups excluding carboxylic acids is 1. The second kappa shape index (κ2) is 13.8.